The largest absolute Gasteiger partial charge is 0.317 e. The van der Waals surface area contributed by atoms with E-state index in [1.54, 1.807) is 27.8 Å². The van der Waals surface area contributed by atoms with Crippen molar-refractivity contribution in [2.45, 2.75) is 20.8 Å². The average Bonchev–Trinajstić information content (AvgIpc) is 2.54. The van der Waals surface area contributed by atoms with Gasteiger partial charge in [-0.15, -0.1) is 0 Å². The first-order valence-corrected chi connectivity index (χ1v) is 6.55. The fraction of sp³-hybridized carbons (Fsp3) is 0.385. The number of hydrogen-bond donors (Lipinski definition) is 0. The summed E-state index contributed by atoms with van der Waals surface area (Å²) in [6.45, 7) is 5.27. The number of carbonyl (C=O) groups excluding carboxylic acids is 1. The topological polar surface area (TPSA) is 34.4 Å². The van der Waals surface area contributed by atoms with Crippen LogP contribution in [0, 0.1) is 17.0 Å². The van der Waals surface area contributed by atoms with E-state index >= 15 is 0 Å². The SMILES string of the molecule is Cn1c(=NC(=O)C(C)(C)C)sc2cc(F)cc(F)c21. The maximum Gasteiger partial charge on any atom is 0.253 e. The van der Waals surface area contributed by atoms with Crippen molar-refractivity contribution in [3.05, 3.63) is 28.6 Å². The van der Waals surface area contributed by atoms with Crippen molar-refractivity contribution in [3.8, 4) is 0 Å². The van der Waals surface area contributed by atoms with Gasteiger partial charge in [-0.05, 0) is 6.07 Å². The third-order valence-electron chi connectivity index (χ3n) is 2.66. The number of nitrogens with zero attached hydrogens (tertiary/aromatic N) is 2. The number of halogens is 2. The summed E-state index contributed by atoms with van der Waals surface area (Å²) in [5.41, 5.74) is -0.348. The highest BCUT2D eigenvalue weighted by Crippen LogP contribution is 2.22. The number of aromatic nitrogens is 1. The highest BCUT2D eigenvalue weighted by molar-refractivity contribution is 7.16. The number of amides is 1. The van der Waals surface area contributed by atoms with Gasteiger partial charge in [0.05, 0.1) is 10.2 Å². The first-order chi connectivity index (χ1) is 8.70. The molecule has 0 saturated heterocycles. The van der Waals surface area contributed by atoms with Gasteiger partial charge < -0.3 is 4.57 Å². The van der Waals surface area contributed by atoms with Gasteiger partial charge in [0, 0.05) is 18.5 Å². The summed E-state index contributed by atoms with van der Waals surface area (Å²) >= 11 is 1.09. The van der Waals surface area contributed by atoms with Crippen LogP contribution in [0.3, 0.4) is 0 Å². The Balaban J connectivity index is 2.71. The Morgan fingerprint density at radius 1 is 1.32 bits per heavy atom. The quantitative estimate of drug-likeness (QED) is 0.732. The van der Waals surface area contributed by atoms with Crippen LogP contribution in [0.5, 0.6) is 0 Å². The molecule has 6 heteroatoms. The normalized spacial score (nSPS) is 13.3. The molecule has 1 aromatic heterocycles. The van der Waals surface area contributed by atoms with E-state index in [0.717, 1.165) is 17.4 Å². The van der Waals surface area contributed by atoms with E-state index in [-0.39, 0.29) is 11.4 Å². The smallest absolute Gasteiger partial charge is 0.253 e. The molecular formula is C13H14F2N2OS. The number of benzene rings is 1. The average molecular weight is 284 g/mol. The molecule has 0 aliphatic rings. The first kappa shape index (κ1) is 13.9. The summed E-state index contributed by atoms with van der Waals surface area (Å²) in [4.78, 5) is 16.2. The molecule has 0 saturated carbocycles. The van der Waals surface area contributed by atoms with Crippen LogP contribution in [-0.4, -0.2) is 10.5 Å². The summed E-state index contributed by atoms with van der Waals surface area (Å²) in [6.07, 6.45) is 0. The number of rotatable bonds is 0. The second kappa shape index (κ2) is 4.52. The minimum atomic E-state index is -0.654. The Bertz CT molecular complexity index is 723. The van der Waals surface area contributed by atoms with Gasteiger partial charge in [0.25, 0.3) is 5.91 Å². The van der Waals surface area contributed by atoms with Gasteiger partial charge in [-0.3, -0.25) is 4.79 Å². The molecule has 3 nitrogen and oxygen atoms in total. The van der Waals surface area contributed by atoms with Crippen molar-refractivity contribution < 1.29 is 13.6 Å². The monoisotopic (exact) mass is 284 g/mol. The molecule has 0 unspecified atom stereocenters. The molecule has 1 heterocycles. The molecule has 0 N–H and O–H groups in total. The number of hydrogen-bond acceptors (Lipinski definition) is 2. The fourth-order valence-electron chi connectivity index (χ4n) is 1.56. The highest BCUT2D eigenvalue weighted by atomic mass is 32.1. The van der Waals surface area contributed by atoms with Gasteiger partial charge in [0.1, 0.15) is 5.82 Å². The van der Waals surface area contributed by atoms with E-state index in [1.165, 1.54) is 10.6 Å². The molecule has 0 bridgehead atoms. The predicted molar refractivity (Wildman–Crippen MR) is 70.7 cm³/mol. The molecule has 0 atom stereocenters. The van der Waals surface area contributed by atoms with E-state index < -0.39 is 17.0 Å². The third-order valence-corrected chi connectivity index (χ3v) is 3.73. The zero-order chi connectivity index (χ0) is 14.4. The van der Waals surface area contributed by atoms with E-state index in [2.05, 4.69) is 4.99 Å². The van der Waals surface area contributed by atoms with Gasteiger partial charge in [-0.25, -0.2) is 8.78 Å². The Morgan fingerprint density at radius 2 is 1.95 bits per heavy atom. The summed E-state index contributed by atoms with van der Waals surface area (Å²) in [7, 11) is 1.61. The number of thiazole rings is 1. The lowest BCUT2D eigenvalue weighted by Gasteiger charge is -2.11. The van der Waals surface area contributed by atoms with Gasteiger partial charge in [-0.1, -0.05) is 32.1 Å². The van der Waals surface area contributed by atoms with Crippen LogP contribution in [0.25, 0.3) is 10.2 Å². The lowest BCUT2D eigenvalue weighted by molar-refractivity contribution is -0.125. The van der Waals surface area contributed by atoms with Crippen molar-refractivity contribution in [3.63, 3.8) is 0 Å². The van der Waals surface area contributed by atoms with Crippen LogP contribution in [0.1, 0.15) is 20.8 Å². The van der Waals surface area contributed by atoms with Crippen molar-refractivity contribution in [2.75, 3.05) is 0 Å². The third kappa shape index (κ3) is 2.58. The standard InChI is InChI=1S/C13H14F2N2OS/c1-13(2,3)11(18)16-12-17(4)10-8(15)5-7(14)6-9(10)19-12/h5-6H,1-4H3. The molecule has 0 aliphatic heterocycles. The molecule has 102 valence electrons. The summed E-state index contributed by atoms with van der Waals surface area (Å²) in [6, 6.07) is 2.06. The Labute approximate surface area is 113 Å². The second-order valence-corrected chi connectivity index (χ2v) is 6.35. The zero-order valence-corrected chi connectivity index (χ0v) is 11.9. The van der Waals surface area contributed by atoms with Gasteiger partial charge in [0.15, 0.2) is 10.6 Å². The van der Waals surface area contributed by atoms with E-state index in [9.17, 15) is 13.6 Å². The summed E-state index contributed by atoms with van der Waals surface area (Å²) < 4.78 is 28.8. The fourth-order valence-corrected chi connectivity index (χ4v) is 2.62. The molecular weight excluding hydrogens is 270 g/mol. The van der Waals surface area contributed by atoms with Crippen molar-refractivity contribution >= 4 is 27.5 Å². The van der Waals surface area contributed by atoms with Gasteiger partial charge >= 0.3 is 0 Å². The van der Waals surface area contributed by atoms with E-state index in [4.69, 9.17) is 0 Å². The van der Waals surface area contributed by atoms with E-state index in [0.29, 0.717) is 9.50 Å². The Morgan fingerprint density at radius 3 is 2.53 bits per heavy atom. The molecule has 0 fully saturated rings. The zero-order valence-electron chi connectivity index (χ0n) is 11.1. The van der Waals surface area contributed by atoms with Crippen LogP contribution < -0.4 is 4.80 Å². The second-order valence-electron chi connectivity index (χ2n) is 5.34. The molecule has 19 heavy (non-hydrogen) atoms. The highest BCUT2D eigenvalue weighted by Gasteiger charge is 2.21. The van der Waals surface area contributed by atoms with E-state index in [1.807, 2.05) is 0 Å². The van der Waals surface area contributed by atoms with Crippen LogP contribution in [0.2, 0.25) is 0 Å². The lowest BCUT2D eigenvalue weighted by atomic mass is 9.96. The minimum absolute atomic E-state index is 0.256. The molecule has 2 rings (SSSR count). The molecule has 0 spiro atoms. The summed E-state index contributed by atoms with van der Waals surface area (Å²) in [5.74, 6) is -1.59. The first-order valence-electron chi connectivity index (χ1n) is 5.74. The maximum absolute atomic E-state index is 13.7. The Hall–Kier alpha value is -1.56. The number of carbonyl (C=O) groups is 1. The number of aryl methyl sites for hydroxylation is 1. The molecule has 1 amide bonds. The maximum atomic E-state index is 13.7. The van der Waals surface area contributed by atoms with Crippen molar-refractivity contribution in [1.82, 2.24) is 4.57 Å². The van der Waals surface area contributed by atoms with Crippen molar-refractivity contribution in [1.29, 1.82) is 0 Å². The van der Waals surface area contributed by atoms with Crippen LogP contribution >= 0.6 is 11.3 Å². The van der Waals surface area contributed by atoms with Crippen LogP contribution in [0.4, 0.5) is 8.78 Å². The molecule has 2 aromatic rings. The van der Waals surface area contributed by atoms with Crippen LogP contribution in [-0.2, 0) is 11.8 Å². The molecule has 1 aromatic carbocycles. The van der Waals surface area contributed by atoms with Gasteiger partial charge in [0.2, 0.25) is 0 Å². The van der Waals surface area contributed by atoms with Gasteiger partial charge in [-0.2, -0.15) is 4.99 Å². The molecule has 0 radical (unpaired) electrons. The molecule has 0 aliphatic carbocycles. The van der Waals surface area contributed by atoms with Crippen molar-refractivity contribution in [2.24, 2.45) is 17.5 Å². The summed E-state index contributed by atoms with van der Waals surface area (Å²) in [5, 5.41) is 0. The number of fused-ring (bicyclic) bond motifs is 1. The minimum Gasteiger partial charge on any atom is -0.317 e. The lowest BCUT2D eigenvalue weighted by Crippen LogP contribution is -2.22. The Kier molecular flexibility index (Phi) is 3.30. The van der Waals surface area contributed by atoms with Crippen LogP contribution in [0.15, 0.2) is 17.1 Å². The predicted octanol–water partition coefficient (Wildman–Crippen LogP) is 2.99.